The SMILES string of the molecule is C=CCNC(=O)COc1cccc(Cl)c1CNC. The van der Waals surface area contributed by atoms with E-state index in [2.05, 4.69) is 17.2 Å². The van der Waals surface area contributed by atoms with Crippen molar-refractivity contribution >= 4 is 17.5 Å². The van der Waals surface area contributed by atoms with Crippen LogP contribution in [0, 0.1) is 0 Å². The van der Waals surface area contributed by atoms with Crippen molar-refractivity contribution in [2.24, 2.45) is 0 Å². The van der Waals surface area contributed by atoms with Gasteiger partial charge in [0.1, 0.15) is 5.75 Å². The van der Waals surface area contributed by atoms with Gasteiger partial charge in [0.05, 0.1) is 0 Å². The molecule has 0 heterocycles. The lowest BCUT2D eigenvalue weighted by atomic mass is 10.2. The fourth-order valence-corrected chi connectivity index (χ4v) is 1.64. The highest BCUT2D eigenvalue weighted by molar-refractivity contribution is 6.31. The summed E-state index contributed by atoms with van der Waals surface area (Å²) in [7, 11) is 1.82. The zero-order valence-corrected chi connectivity index (χ0v) is 11.1. The van der Waals surface area contributed by atoms with Crippen molar-refractivity contribution < 1.29 is 9.53 Å². The molecule has 0 radical (unpaired) electrons. The van der Waals surface area contributed by atoms with Gasteiger partial charge in [-0.2, -0.15) is 0 Å². The Morgan fingerprint density at radius 3 is 3.00 bits per heavy atom. The van der Waals surface area contributed by atoms with Crippen LogP contribution in [0.15, 0.2) is 30.9 Å². The number of hydrogen-bond donors (Lipinski definition) is 2. The Morgan fingerprint density at radius 1 is 1.56 bits per heavy atom. The van der Waals surface area contributed by atoms with E-state index in [1.807, 2.05) is 7.05 Å². The molecule has 0 aromatic heterocycles. The van der Waals surface area contributed by atoms with Crippen molar-refractivity contribution in [2.75, 3.05) is 20.2 Å². The summed E-state index contributed by atoms with van der Waals surface area (Å²) in [4.78, 5) is 11.4. The molecule has 0 saturated heterocycles. The van der Waals surface area contributed by atoms with Gasteiger partial charge in [-0.25, -0.2) is 0 Å². The average Bonchev–Trinajstić information content (AvgIpc) is 2.37. The quantitative estimate of drug-likeness (QED) is 0.741. The minimum Gasteiger partial charge on any atom is -0.483 e. The Bertz CT molecular complexity index is 421. The van der Waals surface area contributed by atoms with Gasteiger partial charge in [-0.05, 0) is 19.2 Å². The maximum atomic E-state index is 11.4. The molecule has 0 fully saturated rings. The fraction of sp³-hybridized carbons (Fsp3) is 0.308. The van der Waals surface area contributed by atoms with Crippen LogP contribution in [-0.2, 0) is 11.3 Å². The number of carbonyl (C=O) groups is 1. The van der Waals surface area contributed by atoms with Crippen LogP contribution in [0.1, 0.15) is 5.56 Å². The highest BCUT2D eigenvalue weighted by Crippen LogP contribution is 2.26. The van der Waals surface area contributed by atoms with Gasteiger partial charge < -0.3 is 15.4 Å². The number of carbonyl (C=O) groups excluding carboxylic acids is 1. The van der Waals surface area contributed by atoms with E-state index in [4.69, 9.17) is 16.3 Å². The van der Waals surface area contributed by atoms with E-state index in [0.717, 1.165) is 5.56 Å². The van der Waals surface area contributed by atoms with Gasteiger partial charge >= 0.3 is 0 Å². The molecule has 0 spiro atoms. The lowest BCUT2D eigenvalue weighted by Gasteiger charge is -2.12. The minimum absolute atomic E-state index is 0.0368. The molecule has 5 heteroatoms. The van der Waals surface area contributed by atoms with Gasteiger partial charge in [-0.1, -0.05) is 23.7 Å². The van der Waals surface area contributed by atoms with Crippen LogP contribution in [-0.4, -0.2) is 26.1 Å². The Kier molecular flexibility index (Phi) is 6.25. The zero-order chi connectivity index (χ0) is 13.4. The normalized spacial score (nSPS) is 9.89. The van der Waals surface area contributed by atoms with Crippen molar-refractivity contribution in [3.8, 4) is 5.75 Å². The summed E-state index contributed by atoms with van der Waals surface area (Å²) < 4.78 is 5.46. The summed E-state index contributed by atoms with van der Waals surface area (Å²) >= 11 is 6.07. The summed E-state index contributed by atoms with van der Waals surface area (Å²) in [5.41, 5.74) is 0.846. The van der Waals surface area contributed by atoms with Gasteiger partial charge in [0, 0.05) is 23.7 Å². The van der Waals surface area contributed by atoms with Crippen LogP contribution >= 0.6 is 11.6 Å². The van der Waals surface area contributed by atoms with Gasteiger partial charge in [0.25, 0.3) is 5.91 Å². The second-order valence-electron chi connectivity index (χ2n) is 3.63. The van der Waals surface area contributed by atoms with E-state index in [-0.39, 0.29) is 12.5 Å². The van der Waals surface area contributed by atoms with E-state index in [9.17, 15) is 4.79 Å². The molecule has 0 unspecified atom stereocenters. The number of hydrogen-bond acceptors (Lipinski definition) is 3. The van der Waals surface area contributed by atoms with Crippen molar-refractivity contribution in [3.05, 3.63) is 41.4 Å². The smallest absolute Gasteiger partial charge is 0.258 e. The van der Waals surface area contributed by atoms with Gasteiger partial charge in [-0.15, -0.1) is 6.58 Å². The maximum Gasteiger partial charge on any atom is 0.258 e. The average molecular weight is 269 g/mol. The molecular weight excluding hydrogens is 252 g/mol. The minimum atomic E-state index is -0.190. The van der Waals surface area contributed by atoms with Gasteiger partial charge in [0.15, 0.2) is 6.61 Å². The highest BCUT2D eigenvalue weighted by Gasteiger charge is 2.09. The first-order chi connectivity index (χ1) is 8.69. The summed E-state index contributed by atoms with van der Waals surface area (Å²) in [5.74, 6) is 0.427. The molecule has 2 N–H and O–H groups in total. The third-order valence-corrected chi connectivity index (χ3v) is 2.59. The summed E-state index contributed by atoms with van der Waals surface area (Å²) in [6, 6.07) is 5.37. The lowest BCUT2D eigenvalue weighted by molar-refractivity contribution is -0.122. The van der Waals surface area contributed by atoms with E-state index in [1.165, 1.54) is 0 Å². The highest BCUT2D eigenvalue weighted by atomic mass is 35.5. The van der Waals surface area contributed by atoms with Crippen LogP contribution in [0.25, 0.3) is 0 Å². The molecule has 1 rings (SSSR count). The van der Waals surface area contributed by atoms with E-state index >= 15 is 0 Å². The van der Waals surface area contributed by atoms with Crippen LogP contribution < -0.4 is 15.4 Å². The zero-order valence-electron chi connectivity index (χ0n) is 10.3. The Labute approximate surface area is 112 Å². The van der Waals surface area contributed by atoms with E-state index in [1.54, 1.807) is 24.3 Å². The number of ether oxygens (including phenoxy) is 1. The predicted molar refractivity (Wildman–Crippen MR) is 72.9 cm³/mol. The summed E-state index contributed by atoms with van der Waals surface area (Å²) in [6.45, 7) is 4.50. The number of halogens is 1. The standard InChI is InChI=1S/C13H17ClN2O2/c1-3-7-16-13(17)9-18-12-6-4-5-11(14)10(12)8-15-2/h3-6,15H,1,7-9H2,2H3,(H,16,17). The topological polar surface area (TPSA) is 50.4 Å². The second-order valence-corrected chi connectivity index (χ2v) is 4.04. The fourth-order valence-electron chi connectivity index (χ4n) is 1.40. The molecular formula is C13H17ClN2O2. The molecule has 18 heavy (non-hydrogen) atoms. The van der Waals surface area contributed by atoms with E-state index in [0.29, 0.717) is 23.9 Å². The number of nitrogens with one attached hydrogen (secondary N) is 2. The summed E-state index contributed by atoms with van der Waals surface area (Å²) in [5, 5.41) is 6.27. The third-order valence-electron chi connectivity index (χ3n) is 2.23. The van der Waals surface area contributed by atoms with Crippen LogP contribution in [0.5, 0.6) is 5.75 Å². The Balaban J connectivity index is 2.63. The van der Waals surface area contributed by atoms with Crippen molar-refractivity contribution in [1.82, 2.24) is 10.6 Å². The first kappa shape index (κ1) is 14.5. The predicted octanol–water partition coefficient (Wildman–Crippen LogP) is 1.74. The van der Waals surface area contributed by atoms with Gasteiger partial charge in [-0.3, -0.25) is 4.79 Å². The third kappa shape index (κ3) is 4.39. The van der Waals surface area contributed by atoms with Crippen LogP contribution in [0.2, 0.25) is 5.02 Å². The van der Waals surface area contributed by atoms with Gasteiger partial charge in [0.2, 0.25) is 0 Å². The largest absolute Gasteiger partial charge is 0.483 e. The molecule has 4 nitrogen and oxygen atoms in total. The summed E-state index contributed by atoms with van der Waals surface area (Å²) in [6.07, 6.45) is 1.61. The number of benzene rings is 1. The molecule has 0 atom stereocenters. The van der Waals surface area contributed by atoms with Crippen molar-refractivity contribution in [2.45, 2.75) is 6.54 Å². The molecule has 0 saturated carbocycles. The first-order valence-corrected chi connectivity index (χ1v) is 5.99. The molecule has 0 bridgehead atoms. The second kappa shape index (κ2) is 7.74. The van der Waals surface area contributed by atoms with Crippen molar-refractivity contribution in [3.63, 3.8) is 0 Å². The molecule has 1 aromatic carbocycles. The molecule has 1 aromatic rings. The Hall–Kier alpha value is -1.52. The lowest BCUT2D eigenvalue weighted by Crippen LogP contribution is -2.29. The molecule has 1 amide bonds. The van der Waals surface area contributed by atoms with Crippen molar-refractivity contribution in [1.29, 1.82) is 0 Å². The monoisotopic (exact) mass is 268 g/mol. The number of amides is 1. The molecule has 98 valence electrons. The molecule has 0 aliphatic rings. The van der Waals surface area contributed by atoms with Crippen LogP contribution in [0.3, 0.4) is 0 Å². The van der Waals surface area contributed by atoms with E-state index < -0.39 is 0 Å². The number of rotatable bonds is 7. The molecule has 0 aliphatic carbocycles. The van der Waals surface area contributed by atoms with Crippen LogP contribution in [0.4, 0.5) is 0 Å². The first-order valence-electron chi connectivity index (χ1n) is 5.61. The maximum absolute atomic E-state index is 11.4. The Morgan fingerprint density at radius 2 is 2.33 bits per heavy atom. The molecule has 0 aliphatic heterocycles.